The number of hydrogen-bond donors (Lipinski definition) is 1. The maximum absolute atomic E-state index is 10.6. The number of rotatable bonds is 5. The molecule has 5 heteroatoms. The third kappa shape index (κ3) is 3.68. The van der Waals surface area contributed by atoms with Crippen LogP contribution in [0.25, 0.3) is 0 Å². The lowest BCUT2D eigenvalue weighted by Gasteiger charge is -2.33. The first-order valence-corrected chi connectivity index (χ1v) is 6.46. The maximum Gasteiger partial charge on any atom is 0.209 e. The van der Waals surface area contributed by atoms with Crippen molar-refractivity contribution in [2.45, 2.75) is 6.10 Å². The Hall–Kier alpha value is -1.59. The van der Waals surface area contributed by atoms with E-state index in [1.54, 1.807) is 12.0 Å². The summed E-state index contributed by atoms with van der Waals surface area (Å²) in [4.78, 5) is 14.6. The van der Waals surface area contributed by atoms with Gasteiger partial charge in [0, 0.05) is 32.7 Å². The van der Waals surface area contributed by atoms with Crippen LogP contribution in [-0.2, 0) is 4.79 Å². The summed E-state index contributed by atoms with van der Waals surface area (Å²) in [6.45, 7) is 3.69. The van der Waals surface area contributed by atoms with Gasteiger partial charge in [-0.05, 0) is 17.7 Å². The standard InChI is InChI=1S/C14H20N2O3/c1-19-13-4-2-12(3-5-13)14(18)10-15-6-8-16(11-17)9-7-15/h2-5,11,14,18H,6-10H2,1H3. The van der Waals surface area contributed by atoms with E-state index in [0.717, 1.165) is 43.9 Å². The Labute approximate surface area is 113 Å². The number of piperazine rings is 1. The number of amides is 1. The molecule has 5 nitrogen and oxygen atoms in total. The Morgan fingerprint density at radius 3 is 2.42 bits per heavy atom. The minimum Gasteiger partial charge on any atom is -0.497 e. The van der Waals surface area contributed by atoms with E-state index in [-0.39, 0.29) is 0 Å². The molecule has 1 aliphatic rings. The van der Waals surface area contributed by atoms with Crippen molar-refractivity contribution in [1.29, 1.82) is 0 Å². The quantitative estimate of drug-likeness (QED) is 0.787. The third-order valence-electron chi connectivity index (χ3n) is 3.49. The first kappa shape index (κ1) is 13.8. The van der Waals surface area contributed by atoms with Crippen LogP contribution in [0.5, 0.6) is 5.75 Å². The summed E-state index contributed by atoms with van der Waals surface area (Å²) in [6.07, 6.45) is 0.380. The highest BCUT2D eigenvalue weighted by Crippen LogP contribution is 2.18. The molecule has 0 spiro atoms. The summed E-state index contributed by atoms with van der Waals surface area (Å²) < 4.78 is 5.09. The second-order valence-corrected chi connectivity index (χ2v) is 4.73. The molecule has 1 amide bonds. The van der Waals surface area contributed by atoms with E-state index < -0.39 is 6.10 Å². The van der Waals surface area contributed by atoms with E-state index in [0.29, 0.717) is 6.54 Å². The van der Waals surface area contributed by atoms with Crippen LogP contribution in [0.3, 0.4) is 0 Å². The van der Waals surface area contributed by atoms with Crippen LogP contribution in [0.4, 0.5) is 0 Å². The van der Waals surface area contributed by atoms with Gasteiger partial charge in [0.15, 0.2) is 0 Å². The van der Waals surface area contributed by atoms with Crippen molar-refractivity contribution < 1.29 is 14.6 Å². The van der Waals surface area contributed by atoms with Crippen molar-refractivity contribution in [3.63, 3.8) is 0 Å². The molecule has 0 saturated carbocycles. The van der Waals surface area contributed by atoms with Crippen LogP contribution in [0.15, 0.2) is 24.3 Å². The number of carbonyl (C=O) groups is 1. The van der Waals surface area contributed by atoms with Crippen LogP contribution in [-0.4, -0.2) is 61.2 Å². The van der Waals surface area contributed by atoms with Gasteiger partial charge >= 0.3 is 0 Å². The minimum absolute atomic E-state index is 0.506. The van der Waals surface area contributed by atoms with E-state index in [1.807, 2.05) is 24.3 Å². The molecule has 1 heterocycles. The highest BCUT2D eigenvalue weighted by Gasteiger charge is 2.18. The largest absolute Gasteiger partial charge is 0.497 e. The number of ether oxygens (including phenoxy) is 1. The van der Waals surface area contributed by atoms with E-state index in [2.05, 4.69) is 4.90 Å². The van der Waals surface area contributed by atoms with Crippen LogP contribution in [0.1, 0.15) is 11.7 Å². The van der Waals surface area contributed by atoms with Crippen molar-refractivity contribution in [3.05, 3.63) is 29.8 Å². The second-order valence-electron chi connectivity index (χ2n) is 4.73. The minimum atomic E-state index is -0.506. The number of nitrogens with zero attached hydrogens (tertiary/aromatic N) is 2. The Kier molecular flexibility index (Phi) is 4.76. The molecule has 1 fully saturated rings. The molecule has 0 bridgehead atoms. The fraction of sp³-hybridized carbons (Fsp3) is 0.500. The first-order valence-electron chi connectivity index (χ1n) is 6.46. The smallest absolute Gasteiger partial charge is 0.209 e. The molecule has 1 aliphatic heterocycles. The second kappa shape index (κ2) is 6.54. The molecule has 1 aromatic rings. The molecular formula is C14H20N2O3. The van der Waals surface area contributed by atoms with Crippen molar-refractivity contribution >= 4 is 6.41 Å². The van der Waals surface area contributed by atoms with E-state index in [4.69, 9.17) is 4.74 Å². The van der Waals surface area contributed by atoms with Crippen molar-refractivity contribution in [1.82, 2.24) is 9.80 Å². The SMILES string of the molecule is COc1ccc(C(O)CN2CCN(C=O)CC2)cc1. The lowest BCUT2D eigenvalue weighted by atomic mass is 10.1. The molecule has 1 aromatic carbocycles. The average molecular weight is 264 g/mol. The Morgan fingerprint density at radius 1 is 1.26 bits per heavy atom. The van der Waals surface area contributed by atoms with Gasteiger partial charge in [-0.25, -0.2) is 0 Å². The molecule has 1 atom stereocenters. The van der Waals surface area contributed by atoms with E-state index in [1.165, 1.54) is 0 Å². The summed E-state index contributed by atoms with van der Waals surface area (Å²) in [5.74, 6) is 0.788. The van der Waals surface area contributed by atoms with Crippen LogP contribution < -0.4 is 4.74 Å². The zero-order valence-electron chi connectivity index (χ0n) is 11.2. The average Bonchev–Trinajstić information content (AvgIpc) is 2.48. The molecule has 19 heavy (non-hydrogen) atoms. The predicted molar refractivity (Wildman–Crippen MR) is 72.0 cm³/mol. The molecule has 104 valence electrons. The molecule has 0 aliphatic carbocycles. The summed E-state index contributed by atoms with van der Waals surface area (Å²) in [5, 5.41) is 10.2. The number of aliphatic hydroxyl groups is 1. The Bertz CT molecular complexity index is 400. The van der Waals surface area contributed by atoms with E-state index >= 15 is 0 Å². The first-order chi connectivity index (χ1) is 9.22. The Balaban J connectivity index is 1.86. The van der Waals surface area contributed by atoms with E-state index in [9.17, 15) is 9.90 Å². The van der Waals surface area contributed by atoms with Crippen molar-refractivity contribution in [3.8, 4) is 5.75 Å². The fourth-order valence-electron chi connectivity index (χ4n) is 2.23. The van der Waals surface area contributed by atoms with Gasteiger partial charge in [0.2, 0.25) is 6.41 Å². The maximum atomic E-state index is 10.6. The summed E-state index contributed by atoms with van der Waals surface area (Å²) >= 11 is 0. The van der Waals surface area contributed by atoms with Gasteiger partial charge in [0.25, 0.3) is 0 Å². The molecular weight excluding hydrogens is 244 g/mol. The van der Waals surface area contributed by atoms with Crippen molar-refractivity contribution in [2.24, 2.45) is 0 Å². The number of carbonyl (C=O) groups excluding carboxylic acids is 1. The fourth-order valence-corrected chi connectivity index (χ4v) is 2.23. The van der Waals surface area contributed by atoms with Crippen LogP contribution in [0, 0.1) is 0 Å². The predicted octanol–water partition coefficient (Wildman–Crippen LogP) is 0.503. The van der Waals surface area contributed by atoms with Gasteiger partial charge in [-0.2, -0.15) is 0 Å². The van der Waals surface area contributed by atoms with Crippen LogP contribution in [0.2, 0.25) is 0 Å². The zero-order valence-corrected chi connectivity index (χ0v) is 11.2. The molecule has 0 aromatic heterocycles. The number of benzene rings is 1. The monoisotopic (exact) mass is 264 g/mol. The summed E-state index contributed by atoms with van der Waals surface area (Å²) in [7, 11) is 1.62. The highest BCUT2D eigenvalue weighted by atomic mass is 16.5. The van der Waals surface area contributed by atoms with Gasteiger partial charge in [0.05, 0.1) is 13.2 Å². The zero-order chi connectivity index (χ0) is 13.7. The Morgan fingerprint density at radius 2 is 1.89 bits per heavy atom. The number of methoxy groups -OCH3 is 1. The number of β-amino-alcohol motifs (C(OH)–C–C–N with tert-alkyl or cyclic N) is 1. The van der Waals surface area contributed by atoms with Gasteiger partial charge in [-0.3, -0.25) is 9.69 Å². The highest BCUT2D eigenvalue weighted by molar-refractivity contribution is 5.47. The third-order valence-corrected chi connectivity index (χ3v) is 3.49. The van der Waals surface area contributed by atoms with Gasteiger partial charge in [-0.1, -0.05) is 12.1 Å². The molecule has 2 rings (SSSR count). The van der Waals surface area contributed by atoms with Crippen molar-refractivity contribution in [2.75, 3.05) is 39.8 Å². The normalized spacial score (nSPS) is 18.1. The summed E-state index contributed by atoms with van der Waals surface area (Å²) in [5.41, 5.74) is 0.888. The van der Waals surface area contributed by atoms with Gasteiger partial charge < -0.3 is 14.7 Å². The molecule has 1 unspecified atom stereocenters. The lowest BCUT2D eigenvalue weighted by Crippen LogP contribution is -2.46. The molecule has 0 radical (unpaired) electrons. The topological polar surface area (TPSA) is 53.0 Å². The number of hydrogen-bond acceptors (Lipinski definition) is 4. The van der Waals surface area contributed by atoms with Crippen LogP contribution >= 0.6 is 0 Å². The lowest BCUT2D eigenvalue weighted by molar-refractivity contribution is -0.119. The molecule has 1 saturated heterocycles. The number of aliphatic hydroxyl groups excluding tert-OH is 1. The van der Waals surface area contributed by atoms with Gasteiger partial charge in [0.1, 0.15) is 5.75 Å². The molecule has 1 N–H and O–H groups in total. The van der Waals surface area contributed by atoms with Gasteiger partial charge in [-0.15, -0.1) is 0 Å². The summed E-state index contributed by atoms with van der Waals surface area (Å²) in [6, 6.07) is 7.46.